The lowest BCUT2D eigenvalue weighted by molar-refractivity contribution is 0.645. The topological polar surface area (TPSA) is 38.0 Å². The van der Waals surface area contributed by atoms with Crippen LogP contribution in [0.25, 0.3) is 11.1 Å². The minimum atomic E-state index is 0.831. The van der Waals surface area contributed by atoms with Crippen LogP contribution in [0, 0.1) is 6.92 Å². The summed E-state index contributed by atoms with van der Waals surface area (Å²) in [4.78, 5) is 0. The van der Waals surface area contributed by atoms with Crippen LogP contribution in [0.4, 0.5) is 5.69 Å². The Kier molecular flexibility index (Phi) is 2.80. The number of benzene rings is 2. The number of rotatable bonds is 1. The molecule has 1 aliphatic heterocycles. The first-order valence-corrected chi connectivity index (χ1v) is 6.43. The van der Waals surface area contributed by atoms with Gasteiger partial charge in [-0.2, -0.15) is 0 Å². The average Bonchev–Trinajstić information content (AvgIpc) is 2.41. The highest BCUT2D eigenvalue weighted by Gasteiger charge is 2.14. The predicted octanol–water partition coefficient (Wildman–Crippen LogP) is 2.89. The molecular weight excluding hydrogens is 220 g/mol. The molecule has 2 nitrogen and oxygen atoms in total. The molecule has 0 saturated heterocycles. The van der Waals surface area contributed by atoms with Crippen molar-refractivity contribution in [3.05, 3.63) is 53.1 Å². The van der Waals surface area contributed by atoms with Gasteiger partial charge in [0.15, 0.2) is 0 Å². The Hall–Kier alpha value is -1.80. The fraction of sp³-hybridized carbons (Fsp3) is 0.250. The van der Waals surface area contributed by atoms with Crippen LogP contribution < -0.4 is 11.1 Å². The summed E-state index contributed by atoms with van der Waals surface area (Å²) in [7, 11) is 0. The second-order valence-corrected chi connectivity index (χ2v) is 4.94. The first-order chi connectivity index (χ1) is 8.75. The molecule has 0 aliphatic carbocycles. The van der Waals surface area contributed by atoms with Crippen molar-refractivity contribution in [2.24, 2.45) is 0 Å². The summed E-state index contributed by atoms with van der Waals surface area (Å²) in [5.41, 5.74) is 13.5. The van der Waals surface area contributed by atoms with Gasteiger partial charge >= 0.3 is 0 Å². The van der Waals surface area contributed by atoms with Crippen LogP contribution in [0.1, 0.15) is 16.7 Å². The standard InChI is InChI=1S/C16H18N2/c1-11-5-6-13(17)9-15(11)14-4-2-3-12-7-8-18-10-16(12)14/h2-6,9,18H,7-8,10,17H2,1H3. The fourth-order valence-electron chi connectivity index (χ4n) is 2.70. The first-order valence-electron chi connectivity index (χ1n) is 6.43. The van der Waals surface area contributed by atoms with Gasteiger partial charge < -0.3 is 11.1 Å². The Morgan fingerprint density at radius 1 is 1.11 bits per heavy atom. The van der Waals surface area contributed by atoms with Crippen LogP contribution in [0.15, 0.2) is 36.4 Å². The number of anilines is 1. The van der Waals surface area contributed by atoms with E-state index in [9.17, 15) is 0 Å². The molecule has 0 bridgehead atoms. The number of hydrogen-bond acceptors (Lipinski definition) is 2. The zero-order chi connectivity index (χ0) is 12.5. The second kappa shape index (κ2) is 4.46. The Morgan fingerprint density at radius 2 is 2.00 bits per heavy atom. The van der Waals surface area contributed by atoms with Gasteiger partial charge in [0.1, 0.15) is 0 Å². The number of hydrogen-bond donors (Lipinski definition) is 2. The van der Waals surface area contributed by atoms with Gasteiger partial charge in [-0.25, -0.2) is 0 Å². The highest BCUT2D eigenvalue weighted by atomic mass is 14.9. The number of nitrogen functional groups attached to an aromatic ring is 1. The summed E-state index contributed by atoms with van der Waals surface area (Å²) >= 11 is 0. The van der Waals surface area contributed by atoms with Crippen LogP contribution in [0.3, 0.4) is 0 Å². The highest BCUT2D eigenvalue weighted by molar-refractivity contribution is 5.74. The van der Waals surface area contributed by atoms with E-state index < -0.39 is 0 Å². The summed E-state index contributed by atoms with van der Waals surface area (Å²) in [5.74, 6) is 0. The number of nitrogens with one attached hydrogen (secondary N) is 1. The molecule has 92 valence electrons. The van der Waals surface area contributed by atoms with E-state index >= 15 is 0 Å². The zero-order valence-corrected chi connectivity index (χ0v) is 10.7. The van der Waals surface area contributed by atoms with Crippen molar-refractivity contribution >= 4 is 5.69 Å². The molecule has 0 unspecified atom stereocenters. The molecule has 0 spiro atoms. The van der Waals surface area contributed by atoms with Gasteiger partial charge in [-0.15, -0.1) is 0 Å². The Bertz CT molecular complexity index is 588. The maximum Gasteiger partial charge on any atom is 0.0320 e. The molecule has 0 saturated carbocycles. The van der Waals surface area contributed by atoms with Gasteiger partial charge in [-0.1, -0.05) is 24.3 Å². The normalized spacial score (nSPS) is 14.3. The molecule has 1 heterocycles. The average molecular weight is 238 g/mol. The summed E-state index contributed by atoms with van der Waals surface area (Å²) in [6.45, 7) is 4.18. The molecule has 0 amide bonds. The van der Waals surface area contributed by atoms with E-state index in [4.69, 9.17) is 5.73 Å². The Morgan fingerprint density at radius 3 is 2.89 bits per heavy atom. The third kappa shape index (κ3) is 1.89. The molecule has 18 heavy (non-hydrogen) atoms. The molecular formula is C16H18N2. The molecule has 1 aliphatic rings. The Labute approximate surface area is 108 Å². The van der Waals surface area contributed by atoms with E-state index in [0.717, 1.165) is 25.2 Å². The van der Waals surface area contributed by atoms with Gasteiger partial charge in [0.2, 0.25) is 0 Å². The van der Waals surface area contributed by atoms with Gasteiger partial charge in [0.05, 0.1) is 0 Å². The van der Waals surface area contributed by atoms with Crippen molar-refractivity contribution in [1.82, 2.24) is 5.32 Å². The monoisotopic (exact) mass is 238 g/mol. The number of aryl methyl sites for hydroxylation is 1. The van der Waals surface area contributed by atoms with Gasteiger partial charge in [-0.3, -0.25) is 0 Å². The molecule has 0 radical (unpaired) electrons. The molecule has 3 rings (SSSR count). The minimum Gasteiger partial charge on any atom is -0.399 e. The molecule has 2 heteroatoms. The van der Waals surface area contributed by atoms with Gasteiger partial charge in [-0.05, 0) is 59.8 Å². The molecule has 0 atom stereocenters. The van der Waals surface area contributed by atoms with E-state index in [-0.39, 0.29) is 0 Å². The van der Waals surface area contributed by atoms with Crippen LogP contribution in [0.5, 0.6) is 0 Å². The molecule has 2 aromatic carbocycles. The number of fused-ring (bicyclic) bond motifs is 1. The molecule has 2 aromatic rings. The smallest absolute Gasteiger partial charge is 0.0320 e. The fourth-order valence-corrected chi connectivity index (χ4v) is 2.70. The second-order valence-electron chi connectivity index (χ2n) is 4.94. The molecule has 0 aromatic heterocycles. The van der Waals surface area contributed by atoms with E-state index in [1.807, 2.05) is 6.07 Å². The maximum absolute atomic E-state index is 5.93. The summed E-state index contributed by atoms with van der Waals surface area (Å²) in [6, 6.07) is 12.7. The van der Waals surface area contributed by atoms with Crippen molar-refractivity contribution in [1.29, 1.82) is 0 Å². The molecule has 0 fully saturated rings. The largest absolute Gasteiger partial charge is 0.399 e. The third-order valence-corrected chi connectivity index (χ3v) is 3.70. The summed E-state index contributed by atoms with van der Waals surface area (Å²) in [5, 5.41) is 3.45. The zero-order valence-electron chi connectivity index (χ0n) is 10.7. The van der Waals surface area contributed by atoms with E-state index in [0.29, 0.717) is 0 Å². The lowest BCUT2D eigenvalue weighted by Gasteiger charge is -2.21. The predicted molar refractivity (Wildman–Crippen MR) is 76.4 cm³/mol. The molecule has 3 N–H and O–H groups in total. The van der Waals surface area contributed by atoms with Crippen LogP contribution in [0.2, 0.25) is 0 Å². The van der Waals surface area contributed by atoms with Crippen molar-refractivity contribution in [2.45, 2.75) is 19.9 Å². The first kappa shape index (κ1) is 11.3. The van der Waals surface area contributed by atoms with E-state index in [1.54, 1.807) is 0 Å². The lowest BCUT2D eigenvalue weighted by Crippen LogP contribution is -2.24. The van der Waals surface area contributed by atoms with Crippen molar-refractivity contribution in [3.8, 4) is 11.1 Å². The van der Waals surface area contributed by atoms with Crippen molar-refractivity contribution in [3.63, 3.8) is 0 Å². The van der Waals surface area contributed by atoms with Crippen LogP contribution in [-0.2, 0) is 13.0 Å². The summed E-state index contributed by atoms with van der Waals surface area (Å²) in [6.07, 6.45) is 1.12. The van der Waals surface area contributed by atoms with Crippen molar-refractivity contribution < 1.29 is 0 Å². The summed E-state index contributed by atoms with van der Waals surface area (Å²) < 4.78 is 0. The van der Waals surface area contributed by atoms with Crippen LogP contribution >= 0.6 is 0 Å². The van der Waals surface area contributed by atoms with E-state index in [1.165, 1.54) is 27.8 Å². The van der Waals surface area contributed by atoms with Gasteiger partial charge in [0, 0.05) is 12.2 Å². The number of nitrogens with two attached hydrogens (primary N) is 1. The lowest BCUT2D eigenvalue weighted by atomic mass is 9.90. The SMILES string of the molecule is Cc1ccc(N)cc1-c1cccc2c1CNCC2. The Balaban J connectivity index is 2.19. The van der Waals surface area contributed by atoms with Crippen LogP contribution in [-0.4, -0.2) is 6.54 Å². The quantitative estimate of drug-likeness (QED) is 0.750. The van der Waals surface area contributed by atoms with Gasteiger partial charge in [0.25, 0.3) is 0 Å². The minimum absolute atomic E-state index is 0.831. The van der Waals surface area contributed by atoms with Crippen molar-refractivity contribution in [2.75, 3.05) is 12.3 Å². The highest BCUT2D eigenvalue weighted by Crippen LogP contribution is 2.31. The third-order valence-electron chi connectivity index (χ3n) is 3.70. The maximum atomic E-state index is 5.93. The van der Waals surface area contributed by atoms with E-state index in [2.05, 4.69) is 42.6 Å².